The first-order chi connectivity index (χ1) is 12.5. The van der Waals surface area contributed by atoms with Crippen molar-refractivity contribution in [1.82, 2.24) is 0 Å². The molecule has 0 bridgehead atoms. The molecule has 1 heterocycles. The van der Waals surface area contributed by atoms with Gasteiger partial charge in [0.1, 0.15) is 17.2 Å². The predicted molar refractivity (Wildman–Crippen MR) is 101 cm³/mol. The molecular formula is C19H16BrNO5. The number of ether oxygens (including phenoxy) is 4. The maximum atomic E-state index is 12.2. The van der Waals surface area contributed by atoms with Gasteiger partial charge in [0.25, 0.3) is 0 Å². The van der Waals surface area contributed by atoms with E-state index >= 15 is 0 Å². The van der Waals surface area contributed by atoms with Crippen molar-refractivity contribution in [3.63, 3.8) is 0 Å². The normalized spacial score (nSPS) is 14.8. The zero-order chi connectivity index (χ0) is 18.7. The third kappa shape index (κ3) is 3.57. The minimum absolute atomic E-state index is 0.186. The number of hydrogen-bond acceptors (Lipinski definition) is 6. The number of nitrogens with zero attached hydrogens (tertiary/aromatic N) is 1. The van der Waals surface area contributed by atoms with Crippen molar-refractivity contribution >= 4 is 33.9 Å². The van der Waals surface area contributed by atoms with Crippen molar-refractivity contribution in [2.75, 3.05) is 21.3 Å². The van der Waals surface area contributed by atoms with E-state index in [9.17, 15) is 4.79 Å². The summed E-state index contributed by atoms with van der Waals surface area (Å²) in [7, 11) is 4.70. The molecule has 0 radical (unpaired) electrons. The standard InChI is InChI=1S/C19H16BrNO5/c1-23-12-6-7-14(15(20)9-12)18-21-16(19(22)26-18)8-11-4-5-13(24-2)10-17(11)25-3/h4-10H,1-3H3. The molecule has 2 aromatic carbocycles. The molecule has 2 aromatic rings. The molecular weight excluding hydrogens is 402 g/mol. The van der Waals surface area contributed by atoms with Gasteiger partial charge in [-0.1, -0.05) is 0 Å². The SMILES string of the molecule is COc1ccc(C2=NC(=Cc3ccc(OC)cc3OC)C(=O)O2)c(Br)c1. The summed E-state index contributed by atoms with van der Waals surface area (Å²) in [5.74, 6) is 1.61. The van der Waals surface area contributed by atoms with Gasteiger partial charge >= 0.3 is 5.97 Å². The second kappa shape index (κ2) is 7.61. The highest BCUT2D eigenvalue weighted by Gasteiger charge is 2.26. The lowest BCUT2D eigenvalue weighted by Gasteiger charge is -2.07. The Kier molecular flexibility index (Phi) is 5.27. The Hall–Kier alpha value is -2.80. The van der Waals surface area contributed by atoms with E-state index in [1.807, 2.05) is 0 Å². The van der Waals surface area contributed by atoms with Gasteiger partial charge in [-0.25, -0.2) is 9.79 Å². The highest BCUT2D eigenvalue weighted by molar-refractivity contribution is 9.10. The minimum atomic E-state index is -0.527. The molecule has 26 heavy (non-hydrogen) atoms. The first-order valence-electron chi connectivity index (χ1n) is 7.64. The van der Waals surface area contributed by atoms with Crippen LogP contribution in [-0.2, 0) is 9.53 Å². The summed E-state index contributed by atoms with van der Waals surface area (Å²) in [6.45, 7) is 0. The molecule has 0 saturated heterocycles. The lowest BCUT2D eigenvalue weighted by molar-refractivity contribution is -0.129. The number of halogens is 1. The van der Waals surface area contributed by atoms with Crippen LogP contribution in [0.5, 0.6) is 17.2 Å². The smallest absolute Gasteiger partial charge is 0.363 e. The van der Waals surface area contributed by atoms with Gasteiger partial charge in [0.05, 0.1) is 26.9 Å². The van der Waals surface area contributed by atoms with Crippen LogP contribution in [0.2, 0.25) is 0 Å². The summed E-state index contributed by atoms with van der Waals surface area (Å²) in [5.41, 5.74) is 1.54. The predicted octanol–water partition coefficient (Wildman–Crippen LogP) is 3.82. The van der Waals surface area contributed by atoms with Crippen LogP contribution in [0.3, 0.4) is 0 Å². The van der Waals surface area contributed by atoms with Crippen LogP contribution in [0.4, 0.5) is 0 Å². The van der Waals surface area contributed by atoms with E-state index in [1.165, 1.54) is 0 Å². The van der Waals surface area contributed by atoms with Gasteiger partial charge in [-0.15, -0.1) is 0 Å². The van der Waals surface area contributed by atoms with Crippen molar-refractivity contribution in [3.8, 4) is 17.2 Å². The zero-order valence-electron chi connectivity index (χ0n) is 14.4. The van der Waals surface area contributed by atoms with Crippen molar-refractivity contribution in [1.29, 1.82) is 0 Å². The van der Waals surface area contributed by atoms with Gasteiger partial charge in [-0.05, 0) is 52.3 Å². The number of aliphatic imine (C=N–C) groups is 1. The number of cyclic esters (lactones) is 1. The fourth-order valence-corrected chi connectivity index (χ4v) is 2.93. The maximum Gasteiger partial charge on any atom is 0.363 e. The number of hydrogen-bond donors (Lipinski definition) is 0. The fraction of sp³-hybridized carbons (Fsp3) is 0.158. The fourth-order valence-electron chi connectivity index (χ4n) is 2.41. The first-order valence-corrected chi connectivity index (χ1v) is 8.43. The van der Waals surface area contributed by atoms with Crippen LogP contribution in [0.15, 0.2) is 51.6 Å². The topological polar surface area (TPSA) is 66.3 Å². The second-order valence-corrected chi connectivity index (χ2v) is 6.14. The number of carbonyl (C=O) groups is 1. The van der Waals surface area contributed by atoms with Crippen LogP contribution >= 0.6 is 15.9 Å². The van der Waals surface area contributed by atoms with E-state index in [2.05, 4.69) is 20.9 Å². The molecule has 0 N–H and O–H groups in total. The van der Waals surface area contributed by atoms with E-state index in [0.29, 0.717) is 32.8 Å². The Bertz CT molecular complexity index is 920. The summed E-state index contributed by atoms with van der Waals surface area (Å²) < 4.78 is 21.7. The third-order valence-electron chi connectivity index (χ3n) is 3.76. The van der Waals surface area contributed by atoms with E-state index in [4.69, 9.17) is 18.9 Å². The second-order valence-electron chi connectivity index (χ2n) is 5.29. The Morgan fingerprint density at radius 1 is 1.00 bits per heavy atom. The van der Waals surface area contributed by atoms with Crippen LogP contribution in [0.1, 0.15) is 11.1 Å². The molecule has 0 amide bonds. The molecule has 0 atom stereocenters. The molecule has 7 heteroatoms. The molecule has 1 aliphatic rings. The summed E-state index contributed by atoms with van der Waals surface area (Å²) in [4.78, 5) is 16.5. The number of carbonyl (C=O) groups excluding carboxylic acids is 1. The Labute approximate surface area is 159 Å². The Morgan fingerprint density at radius 2 is 1.69 bits per heavy atom. The summed E-state index contributed by atoms with van der Waals surface area (Å²) in [6, 6.07) is 10.6. The molecule has 0 fully saturated rings. The number of methoxy groups -OCH3 is 3. The van der Waals surface area contributed by atoms with Gasteiger partial charge in [0, 0.05) is 16.1 Å². The molecule has 0 spiro atoms. The Morgan fingerprint density at radius 3 is 2.35 bits per heavy atom. The first kappa shape index (κ1) is 18.0. The van der Waals surface area contributed by atoms with E-state index < -0.39 is 5.97 Å². The Balaban J connectivity index is 1.97. The van der Waals surface area contributed by atoms with Crippen LogP contribution < -0.4 is 14.2 Å². The minimum Gasteiger partial charge on any atom is -0.497 e. The molecule has 0 aromatic heterocycles. The van der Waals surface area contributed by atoms with E-state index in [0.717, 1.165) is 0 Å². The molecule has 0 aliphatic carbocycles. The largest absolute Gasteiger partial charge is 0.497 e. The van der Waals surface area contributed by atoms with E-state index in [-0.39, 0.29) is 11.6 Å². The van der Waals surface area contributed by atoms with Gasteiger partial charge in [0.15, 0.2) is 5.70 Å². The molecule has 6 nitrogen and oxygen atoms in total. The van der Waals surface area contributed by atoms with E-state index in [1.54, 1.807) is 63.8 Å². The summed E-state index contributed by atoms with van der Waals surface area (Å²) >= 11 is 3.44. The summed E-state index contributed by atoms with van der Waals surface area (Å²) in [5, 5.41) is 0. The van der Waals surface area contributed by atoms with Crippen LogP contribution in [0.25, 0.3) is 6.08 Å². The van der Waals surface area contributed by atoms with Crippen molar-refractivity contribution in [3.05, 3.63) is 57.7 Å². The average molecular weight is 418 g/mol. The number of benzene rings is 2. The monoisotopic (exact) mass is 417 g/mol. The maximum absolute atomic E-state index is 12.2. The number of rotatable bonds is 5. The van der Waals surface area contributed by atoms with Crippen LogP contribution in [0, 0.1) is 0 Å². The lowest BCUT2D eigenvalue weighted by Crippen LogP contribution is -2.06. The summed E-state index contributed by atoms with van der Waals surface area (Å²) in [6.07, 6.45) is 1.62. The van der Waals surface area contributed by atoms with Crippen molar-refractivity contribution in [2.45, 2.75) is 0 Å². The van der Waals surface area contributed by atoms with Crippen LogP contribution in [-0.4, -0.2) is 33.2 Å². The third-order valence-corrected chi connectivity index (χ3v) is 4.42. The van der Waals surface area contributed by atoms with Gasteiger partial charge in [-0.2, -0.15) is 0 Å². The number of esters is 1. The zero-order valence-corrected chi connectivity index (χ0v) is 16.0. The van der Waals surface area contributed by atoms with Gasteiger partial charge in [-0.3, -0.25) is 0 Å². The molecule has 0 unspecified atom stereocenters. The molecule has 3 rings (SSSR count). The van der Waals surface area contributed by atoms with Gasteiger partial charge < -0.3 is 18.9 Å². The molecule has 1 aliphatic heterocycles. The van der Waals surface area contributed by atoms with Crippen molar-refractivity contribution < 1.29 is 23.7 Å². The highest BCUT2D eigenvalue weighted by Crippen LogP contribution is 2.30. The van der Waals surface area contributed by atoms with Gasteiger partial charge in [0.2, 0.25) is 5.90 Å². The average Bonchev–Trinajstić information content (AvgIpc) is 3.02. The lowest BCUT2D eigenvalue weighted by atomic mass is 10.1. The highest BCUT2D eigenvalue weighted by atomic mass is 79.9. The molecule has 0 saturated carbocycles. The molecule has 134 valence electrons. The quantitative estimate of drug-likeness (QED) is 0.546. The van der Waals surface area contributed by atoms with Crippen molar-refractivity contribution in [2.24, 2.45) is 4.99 Å².